The van der Waals surface area contributed by atoms with Crippen molar-refractivity contribution < 1.29 is 4.74 Å². The van der Waals surface area contributed by atoms with Crippen LogP contribution in [0.2, 0.25) is 0 Å². The highest BCUT2D eigenvalue weighted by atomic mass is 16.5. The summed E-state index contributed by atoms with van der Waals surface area (Å²) in [5.41, 5.74) is 4.19. The Bertz CT molecular complexity index is 577. The lowest BCUT2D eigenvalue weighted by atomic mass is 9.97. The summed E-state index contributed by atoms with van der Waals surface area (Å²) in [6, 6.07) is 0.627. The average Bonchev–Trinajstić information content (AvgIpc) is 2.68. The van der Waals surface area contributed by atoms with Crippen LogP contribution in [0.15, 0.2) is 59.9 Å². The predicted molar refractivity (Wildman–Crippen MR) is 105 cm³/mol. The third-order valence-corrected chi connectivity index (χ3v) is 5.50. The molecular formula is C22H32N2O. The molecule has 0 radical (unpaired) electrons. The van der Waals surface area contributed by atoms with Crippen molar-refractivity contribution in [1.82, 2.24) is 9.80 Å². The minimum atomic E-state index is 0.627. The maximum atomic E-state index is 5.84. The topological polar surface area (TPSA) is 15.7 Å². The first-order chi connectivity index (χ1) is 12.3. The van der Waals surface area contributed by atoms with Gasteiger partial charge < -0.3 is 14.5 Å². The van der Waals surface area contributed by atoms with Crippen LogP contribution in [0, 0.1) is 0 Å². The third-order valence-electron chi connectivity index (χ3n) is 5.50. The molecule has 2 fully saturated rings. The zero-order valence-electron chi connectivity index (χ0n) is 15.6. The standard InChI is InChI=1S/C22H32N2O/c1-3-5-8-19(4-2)11-14-23-15-12-21(13-16-23)24-18-25-17-20-9-6-7-10-22(20)24/h3-5,8-10,21H,2,6-7,11-18H2,1H3/b5-3-,19-8+. The second-order valence-electron chi connectivity index (χ2n) is 7.14. The molecule has 0 amide bonds. The third kappa shape index (κ3) is 4.74. The van der Waals surface area contributed by atoms with Crippen molar-refractivity contribution in [3.8, 4) is 0 Å². The highest BCUT2D eigenvalue weighted by molar-refractivity contribution is 5.34. The van der Waals surface area contributed by atoms with E-state index in [0.29, 0.717) is 6.04 Å². The predicted octanol–water partition coefficient (Wildman–Crippen LogP) is 4.42. The van der Waals surface area contributed by atoms with Gasteiger partial charge in [-0.3, -0.25) is 0 Å². The van der Waals surface area contributed by atoms with E-state index in [1.54, 1.807) is 0 Å². The van der Waals surface area contributed by atoms with Gasteiger partial charge in [0.25, 0.3) is 0 Å². The Balaban J connectivity index is 1.49. The second kappa shape index (κ2) is 9.21. The quantitative estimate of drug-likeness (QED) is 0.666. The monoisotopic (exact) mass is 340 g/mol. The van der Waals surface area contributed by atoms with Crippen molar-refractivity contribution in [2.24, 2.45) is 0 Å². The smallest absolute Gasteiger partial charge is 0.119 e. The van der Waals surface area contributed by atoms with E-state index < -0.39 is 0 Å². The van der Waals surface area contributed by atoms with Crippen LogP contribution in [-0.4, -0.2) is 48.8 Å². The summed E-state index contributed by atoms with van der Waals surface area (Å²) in [7, 11) is 0. The molecule has 0 aromatic carbocycles. The normalized spacial score (nSPS) is 23.4. The Morgan fingerprint density at radius 3 is 2.84 bits per heavy atom. The Labute approximate surface area is 153 Å². The van der Waals surface area contributed by atoms with E-state index in [1.807, 2.05) is 6.08 Å². The molecule has 3 aliphatic rings. The Morgan fingerprint density at radius 2 is 2.08 bits per heavy atom. The maximum absolute atomic E-state index is 5.84. The van der Waals surface area contributed by atoms with Gasteiger partial charge in [0.15, 0.2) is 0 Å². The molecule has 0 spiro atoms. The molecule has 0 bridgehead atoms. The summed E-state index contributed by atoms with van der Waals surface area (Å²) in [5, 5.41) is 0. The lowest BCUT2D eigenvalue weighted by molar-refractivity contribution is -0.00191. The Kier molecular flexibility index (Phi) is 6.71. The zero-order valence-corrected chi connectivity index (χ0v) is 15.6. The van der Waals surface area contributed by atoms with Crippen LogP contribution < -0.4 is 0 Å². The number of piperidine rings is 1. The highest BCUT2D eigenvalue weighted by Crippen LogP contribution is 2.31. The molecule has 3 heteroatoms. The molecule has 0 unspecified atom stereocenters. The van der Waals surface area contributed by atoms with Gasteiger partial charge in [-0.1, -0.05) is 43.0 Å². The molecule has 0 saturated carbocycles. The van der Waals surface area contributed by atoms with Gasteiger partial charge in [0.2, 0.25) is 0 Å². The lowest BCUT2D eigenvalue weighted by Crippen LogP contribution is -2.47. The van der Waals surface area contributed by atoms with Gasteiger partial charge >= 0.3 is 0 Å². The molecule has 3 rings (SSSR count). The summed E-state index contributed by atoms with van der Waals surface area (Å²) >= 11 is 0. The second-order valence-corrected chi connectivity index (χ2v) is 7.14. The molecule has 1 aliphatic carbocycles. The fourth-order valence-electron chi connectivity index (χ4n) is 3.99. The highest BCUT2D eigenvalue weighted by Gasteiger charge is 2.30. The van der Waals surface area contributed by atoms with Crippen molar-refractivity contribution >= 4 is 0 Å². The molecule has 0 aromatic heterocycles. The molecule has 2 heterocycles. The van der Waals surface area contributed by atoms with Crippen LogP contribution in [0.3, 0.4) is 0 Å². The summed E-state index contributed by atoms with van der Waals surface area (Å²) < 4.78 is 5.84. The number of hydrogen-bond donors (Lipinski definition) is 0. The molecule has 25 heavy (non-hydrogen) atoms. The van der Waals surface area contributed by atoms with Crippen molar-refractivity contribution in [3.63, 3.8) is 0 Å². The number of ether oxygens (including phenoxy) is 1. The molecule has 2 saturated heterocycles. The van der Waals surface area contributed by atoms with Gasteiger partial charge in [-0.25, -0.2) is 0 Å². The van der Waals surface area contributed by atoms with Gasteiger partial charge in [0.05, 0.1) is 6.61 Å². The first-order valence-electron chi connectivity index (χ1n) is 9.72. The largest absolute Gasteiger partial charge is 0.356 e. The van der Waals surface area contributed by atoms with Gasteiger partial charge in [-0.15, -0.1) is 0 Å². The molecule has 0 aromatic rings. The van der Waals surface area contributed by atoms with Crippen molar-refractivity contribution in [1.29, 1.82) is 0 Å². The summed E-state index contributed by atoms with van der Waals surface area (Å²) in [6.07, 6.45) is 19.0. The number of nitrogens with zero attached hydrogens (tertiary/aromatic N) is 2. The zero-order chi connectivity index (χ0) is 17.5. The van der Waals surface area contributed by atoms with E-state index in [0.717, 1.165) is 26.3 Å². The van der Waals surface area contributed by atoms with Gasteiger partial charge in [-0.05, 0) is 50.2 Å². The van der Waals surface area contributed by atoms with Crippen LogP contribution >= 0.6 is 0 Å². The number of fused-ring (bicyclic) bond motifs is 1. The maximum Gasteiger partial charge on any atom is 0.119 e. The van der Waals surface area contributed by atoms with Gasteiger partial charge in [0.1, 0.15) is 6.73 Å². The Morgan fingerprint density at radius 1 is 1.28 bits per heavy atom. The van der Waals surface area contributed by atoms with Gasteiger partial charge in [-0.2, -0.15) is 0 Å². The van der Waals surface area contributed by atoms with E-state index in [9.17, 15) is 0 Å². The lowest BCUT2D eigenvalue weighted by Gasteiger charge is -2.44. The van der Waals surface area contributed by atoms with E-state index >= 15 is 0 Å². The number of likely N-dealkylation sites (tertiary alicyclic amines) is 1. The molecule has 3 nitrogen and oxygen atoms in total. The average molecular weight is 341 g/mol. The number of hydrogen-bond acceptors (Lipinski definition) is 3. The molecule has 136 valence electrons. The molecule has 0 N–H and O–H groups in total. The Hall–Kier alpha value is -1.58. The van der Waals surface area contributed by atoms with Gasteiger partial charge in [0, 0.05) is 31.4 Å². The summed E-state index contributed by atoms with van der Waals surface area (Å²) in [4.78, 5) is 5.12. The van der Waals surface area contributed by atoms with Crippen LogP contribution in [0.1, 0.15) is 39.0 Å². The number of rotatable bonds is 6. The molecule has 0 atom stereocenters. The van der Waals surface area contributed by atoms with E-state index in [1.165, 1.54) is 55.6 Å². The minimum Gasteiger partial charge on any atom is -0.356 e. The first kappa shape index (κ1) is 18.2. The fourth-order valence-corrected chi connectivity index (χ4v) is 3.99. The van der Waals surface area contributed by atoms with E-state index in [4.69, 9.17) is 4.74 Å². The molecular weight excluding hydrogens is 308 g/mol. The van der Waals surface area contributed by atoms with Crippen LogP contribution in [0.25, 0.3) is 0 Å². The van der Waals surface area contributed by atoms with Crippen LogP contribution in [0.5, 0.6) is 0 Å². The molecule has 2 aliphatic heterocycles. The van der Waals surface area contributed by atoms with Crippen LogP contribution in [-0.2, 0) is 4.74 Å². The fraction of sp³-hybridized carbons (Fsp3) is 0.545. The van der Waals surface area contributed by atoms with Crippen molar-refractivity contribution in [2.45, 2.75) is 45.1 Å². The SMILES string of the molecule is C=C/C(=C\C=C/C)CCN1CCC(N2COCC3=CCCC=C32)CC1. The van der Waals surface area contributed by atoms with E-state index in [2.05, 4.69) is 53.7 Å². The van der Waals surface area contributed by atoms with E-state index in [-0.39, 0.29) is 0 Å². The first-order valence-corrected chi connectivity index (χ1v) is 9.72. The van der Waals surface area contributed by atoms with Crippen molar-refractivity contribution in [2.75, 3.05) is 33.0 Å². The van der Waals surface area contributed by atoms with Crippen molar-refractivity contribution in [3.05, 3.63) is 59.9 Å². The summed E-state index contributed by atoms with van der Waals surface area (Å²) in [5.74, 6) is 0. The summed E-state index contributed by atoms with van der Waals surface area (Å²) in [6.45, 7) is 11.0. The minimum absolute atomic E-state index is 0.627. The number of allylic oxidation sites excluding steroid dienone is 6. The van der Waals surface area contributed by atoms with Crippen LogP contribution in [0.4, 0.5) is 0 Å².